The molecule has 2 rings (SSSR count). The largest absolute Gasteiger partial charge is 0.370 e. The van der Waals surface area contributed by atoms with Crippen LogP contribution in [0.4, 0.5) is 0 Å². The lowest BCUT2D eigenvalue weighted by atomic mass is 9.99. The van der Waals surface area contributed by atoms with Crippen molar-refractivity contribution in [2.24, 2.45) is 16.5 Å². The molecule has 11 heteroatoms. The highest BCUT2D eigenvalue weighted by atomic mass is 35.5. The van der Waals surface area contributed by atoms with Crippen LogP contribution in [0.1, 0.15) is 41.0 Å². The van der Waals surface area contributed by atoms with Crippen molar-refractivity contribution in [3.05, 3.63) is 57.6 Å². The Balaban J connectivity index is 0.00000512. The fourth-order valence-corrected chi connectivity index (χ4v) is 3.48. The van der Waals surface area contributed by atoms with Crippen LogP contribution in [0, 0.1) is 0 Å². The minimum atomic E-state index is -0.657. The average Bonchev–Trinajstić information content (AvgIpc) is 2.74. The molecule has 0 atom stereocenters. The first kappa shape index (κ1) is 31.0. The summed E-state index contributed by atoms with van der Waals surface area (Å²) in [5, 5.41) is 3.80. The summed E-state index contributed by atoms with van der Waals surface area (Å²) in [6.07, 6.45) is 0.813. The zero-order valence-corrected chi connectivity index (χ0v) is 21.6. The number of carbonyl (C=O) groups excluding carboxylic acids is 2. The highest BCUT2D eigenvalue weighted by Crippen LogP contribution is 2.32. The first-order valence-electron chi connectivity index (χ1n) is 10.00. The third-order valence-corrected chi connectivity index (χ3v) is 5.31. The molecule has 0 aliphatic heterocycles. The predicted octanol–water partition coefficient (Wildman–Crippen LogP) is 4.38. The fraction of sp³-hybridized carbons (Fsp3) is 0.318. The number of halogens is 4. The summed E-state index contributed by atoms with van der Waals surface area (Å²) in [5.41, 5.74) is 12.3. The number of hydrogen-bond donors (Lipinski definition) is 3. The van der Waals surface area contributed by atoms with Gasteiger partial charge in [-0.25, -0.2) is 0 Å². The van der Waals surface area contributed by atoms with Crippen LogP contribution in [-0.2, 0) is 0 Å². The lowest BCUT2D eigenvalue weighted by Crippen LogP contribution is -2.30. The SMILES string of the molecule is CCN(CC)CCCNC(=O)c1cc(C(=O)N=C(N)N)cc(-c2cc(Cl)ccc2Cl)c1.Cl.Cl. The lowest BCUT2D eigenvalue weighted by Gasteiger charge is -2.17. The molecule has 0 radical (unpaired) electrons. The molecule has 0 aliphatic carbocycles. The number of carbonyl (C=O) groups is 2. The summed E-state index contributed by atoms with van der Waals surface area (Å²) in [7, 11) is 0. The van der Waals surface area contributed by atoms with Crippen molar-refractivity contribution in [1.29, 1.82) is 0 Å². The van der Waals surface area contributed by atoms with Gasteiger partial charge < -0.3 is 21.7 Å². The van der Waals surface area contributed by atoms with Gasteiger partial charge in [-0.1, -0.05) is 37.0 Å². The molecular formula is C22H29Cl4N5O2. The number of nitrogens with two attached hydrogens (primary N) is 2. The van der Waals surface area contributed by atoms with E-state index < -0.39 is 5.91 Å². The number of amides is 2. The van der Waals surface area contributed by atoms with Crippen molar-refractivity contribution >= 4 is 65.8 Å². The molecule has 182 valence electrons. The number of nitrogens with one attached hydrogen (secondary N) is 1. The highest BCUT2D eigenvalue weighted by Gasteiger charge is 2.15. The van der Waals surface area contributed by atoms with Crippen LogP contribution in [0.2, 0.25) is 10.0 Å². The Hall–Kier alpha value is -2.03. The number of nitrogens with zero attached hydrogens (tertiary/aromatic N) is 2. The van der Waals surface area contributed by atoms with E-state index in [9.17, 15) is 9.59 Å². The molecule has 0 bridgehead atoms. The zero-order chi connectivity index (χ0) is 23.0. The van der Waals surface area contributed by atoms with Gasteiger partial charge in [-0.15, -0.1) is 24.8 Å². The minimum Gasteiger partial charge on any atom is -0.370 e. The summed E-state index contributed by atoms with van der Waals surface area (Å²) in [6.45, 7) is 7.52. The lowest BCUT2D eigenvalue weighted by molar-refractivity contribution is 0.0952. The molecule has 2 aromatic carbocycles. The first-order valence-corrected chi connectivity index (χ1v) is 10.8. The summed E-state index contributed by atoms with van der Waals surface area (Å²) in [5.74, 6) is -1.33. The van der Waals surface area contributed by atoms with Crippen molar-refractivity contribution in [3.63, 3.8) is 0 Å². The number of hydrogen-bond acceptors (Lipinski definition) is 3. The van der Waals surface area contributed by atoms with Crippen LogP contribution in [0.15, 0.2) is 41.4 Å². The van der Waals surface area contributed by atoms with Crippen LogP contribution in [0.3, 0.4) is 0 Å². The number of rotatable bonds is 9. The van der Waals surface area contributed by atoms with Gasteiger partial charge in [0.2, 0.25) is 0 Å². The van der Waals surface area contributed by atoms with E-state index in [0.717, 1.165) is 26.1 Å². The van der Waals surface area contributed by atoms with Crippen molar-refractivity contribution in [2.75, 3.05) is 26.2 Å². The summed E-state index contributed by atoms with van der Waals surface area (Å²) in [6, 6.07) is 9.66. The van der Waals surface area contributed by atoms with Gasteiger partial charge in [0.1, 0.15) is 0 Å². The Morgan fingerprint density at radius 2 is 1.64 bits per heavy atom. The minimum absolute atomic E-state index is 0. The van der Waals surface area contributed by atoms with Crippen molar-refractivity contribution in [1.82, 2.24) is 10.2 Å². The molecule has 5 N–H and O–H groups in total. The maximum absolute atomic E-state index is 12.8. The van der Waals surface area contributed by atoms with E-state index in [0.29, 0.717) is 33.3 Å². The number of benzene rings is 2. The second-order valence-corrected chi connectivity index (χ2v) is 7.75. The third-order valence-electron chi connectivity index (χ3n) is 4.74. The molecule has 0 unspecified atom stereocenters. The van der Waals surface area contributed by atoms with E-state index in [2.05, 4.69) is 29.1 Å². The van der Waals surface area contributed by atoms with Crippen LogP contribution in [-0.4, -0.2) is 48.9 Å². The predicted molar refractivity (Wildman–Crippen MR) is 141 cm³/mol. The van der Waals surface area contributed by atoms with Crippen molar-refractivity contribution in [3.8, 4) is 11.1 Å². The average molecular weight is 537 g/mol. The third kappa shape index (κ3) is 9.39. The monoisotopic (exact) mass is 535 g/mol. The molecule has 33 heavy (non-hydrogen) atoms. The molecule has 0 saturated heterocycles. The fourth-order valence-electron chi connectivity index (χ4n) is 3.08. The second-order valence-electron chi connectivity index (χ2n) is 6.90. The van der Waals surface area contributed by atoms with Crippen LogP contribution in [0.25, 0.3) is 11.1 Å². The van der Waals surface area contributed by atoms with E-state index in [1.54, 1.807) is 30.3 Å². The van der Waals surface area contributed by atoms with Gasteiger partial charge in [-0.2, -0.15) is 4.99 Å². The Morgan fingerprint density at radius 1 is 1.00 bits per heavy atom. The molecule has 2 amide bonds. The van der Waals surface area contributed by atoms with Gasteiger partial charge in [0.15, 0.2) is 5.96 Å². The maximum atomic E-state index is 12.8. The zero-order valence-electron chi connectivity index (χ0n) is 18.4. The Morgan fingerprint density at radius 3 is 2.24 bits per heavy atom. The molecule has 0 heterocycles. The highest BCUT2D eigenvalue weighted by molar-refractivity contribution is 6.35. The van der Waals surface area contributed by atoms with E-state index in [1.165, 1.54) is 6.07 Å². The molecule has 0 saturated carbocycles. The quantitative estimate of drug-likeness (QED) is 0.250. The van der Waals surface area contributed by atoms with E-state index in [1.807, 2.05) is 0 Å². The van der Waals surface area contributed by atoms with Crippen LogP contribution < -0.4 is 16.8 Å². The topological polar surface area (TPSA) is 114 Å². The van der Waals surface area contributed by atoms with Gasteiger partial charge in [0, 0.05) is 33.3 Å². The van der Waals surface area contributed by atoms with Gasteiger partial charge in [0.05, 0.1) is 0 Å². The standard InChI is InChI=1S/C22H27Cl2N5O2.2ClH/c1-3-29(4-2)9-5-8-27-20(30)15-10-14(18-13-17(23)6-7-19(18)24)11-16(12-15)21(31)28-22(25)26;;/h6-7,10-13H,3-5,8-9H2,1-2H3,(H,27,30)(H4,25,26,28,31);2*1H. The molecule has 7 nitrogen and oxygen atoms in total. The maximum Gasteiger partial charge on any atom is 0.280 e. The van der Waals surface area contributed by atoms with E-state index in [-0.39, 0.29) is 42.2 Å². The molecule has 0 aromatic heterocycles. The smallest absolute Gasteiger partial charge is 0.280 e. The van der Waals surface area contributed by atoms with Gasteiger partial charge in [-0.3, -0.25) is 9.59 Å². The molecule has 0 spiro atoms. The first-order chi connectivity index (χ1) is 14.7. The summed E-state index contributed by atoms with van der Waals surface area (Å²) >= 11 is 12.4. The van der Waals surface area contributed by atoms with E-state index >= 15 is 0 Å². The number of aliphatic imine (C=N–C) groups is 1. The second kappa shape index (κ2) is 15.0. The van der Waals surface area contributed by atoms with Gasteiger partial charge in [0.25, 0.3) is 11.8 Å². The molecular weight excluding hydrogens is 508 g/mol. The molecule has 2 aromatic rings. The Bertz CT molecular complexity index is 977. The Labute approximate surface area is 216 Å². The van der Waals surface area contributed by atoms with Crippen LogP contribution >= 0.6 is 48.0 Å². The van der Waals surface area contributed by atoms with Gasteiger partial charge in [-0.05, 0) is 68.0 Å². The normalized spacial score (nSPS) is 10.1. The summed E-state index contributed by atoms with van der Waals surface area (Å²) < 4.78 is 0. The summed E-state index contributed by atoms with van der Waals surface area (Å²) in [4.78, 5) is 31.1. The van der Waals surface area contributed by atoms with E-state index in [4.69, 9.17) is 34.7 Å². The van der Waals surface area contributed by atoms with Crippen molar-refractivity contribution < 1.29 is 9.59 Å². The Kier molecular flexibility index (Phi) is 14.1. The van der Waals surface area contributed by atoms with Crippen LogP contribution in [0.5, 0.6) is 0 Å². The van der Waals surface area contributed by atoms with Crippen molar-refractivity contribution in [2.45, 2.75) is 20.3 Å². The molecule has 0 aliphatic rings. The van der Waals surface area contributed by atoms with Gasteiger partial charge >= 0.3 is 0 Å². The molecule has 0 fully saturated rings. The number of guanidine groups is 1.